The summed E-state index contributed by atoms with van der Waals surface area (Å²) in [6.45, 7) is 0.458. The van der Waals surface area contributed by atoms with E-state index in [9.17, 15) is 30.8 Å². The van der Waals surface area contributed by atoms with Gasteiger partial charge in [-0.15, -0.1) is 0 Å². The molecule has 0 saturated heterocycles. The molecule has 0 radical (unpaired) electrons. The van der Waals surface area contributed by atoms with Gasteiger partial charge in [0.05, 0.1) is 17.9 Å². The number of carbonyl (C=O) groups excluding carboxylic acids is 1. The number of hydrogen-bond donors (Lipinski definition) is 2. The number of nitrogens with one attached hydrogen (secondary N) is 2. The molecule has 11 heteroatoms. The summed E-state index contributed by atoms with van der Waals surface area (Å²) in [4.78, 5) is 11.2. The number of anilines is 1. The maximum Gasteiger partial charge on any atom is 0.405 e. The van der Waals surface area contributed by atoms with Crippen LogP contribution in [0.1, 0.15) is 12.5 Å². The predicted molar refractivity (Wildman–Crippen MR) is 97.6 cm³/mol. The topological polar surface area (TPSA) is 84.5 Å². The standard InChI is InChI=1S/C18H18F4N2O4S/c1-2-28-16-8-7-14(10-15(16)19)29(26,27)24-13-5-3-12(4-6-13)9-17(25)23-11-18(20,21)22/h3-8,10,24H,2,9,11H2,1H3,(H,23,25). The molecule has 2 N–H and O–H groups in total. The van der Waals surface area contributed by atoms with Gasteiger partial charge in [0.15, 0.2) is 11.6 Å². The van der Waals surface area contributed by atoms with Gasteiger partial charge in [-0.1, -0.05) is 12.1 Å². The Bertz CT molecular complexity index is 961. The van der Waals surface area contributed by atoms with Crippen molar-refractivity contribution in [3.05, 3.63) is 53.8 Å². The molecular weight excluding hydrogens is 416 g/mol. The van der Waals surface area contributed by atoms with E-state index in [-0.39, 0.29) is 29.4 Å². The van der Waals surface area contributed by atoms with Crippen LogP contribution in [0.3, 0.4) is 0 Å². The zero-order chi connectivity index (χ0) is 21.7. The smallest absolute Gasteiger partial charge is 0.405 e. The molecule has 6 nitrogen and oxygen atoms in total. The number of sulfonamides is 1. The van der Waals surface area contributed by atoms with Gasteiger partial charge in [-0.2, -0.15) is 13.2 Å². The van der Waals surface area contributed by atoms with E-state index in [1.165, 1.54) is 36.4 Å². The van der Waals surface area contributed by atoms with Gasteiger partial charge < -0.3 is 10.1 Å². The molecular formula is C18H18F4N2O4S. The van der Waals surface area contributed by atoms with Crippen LogP contribution in [-0.4, -0.2) is 33.7 Å². The van der Waals surface area contributed by atoms with Crippen LogP contribution in [0.15, 0.2) is 47.4 Å². The van der Waals surface area contributed by atoms with Gasteiger partial charge in [-0.25, -0.2) is 12.8 Å². The third kappa shape index (κ3) is 6.93. The monoisotopic (exact) mass is 434 g/mol. The van der Waals surface area contributed by atoms with Crippen molar-refractivity contribution in [2.24, 2.45) is 0 Å². The molecule has 0 spiro atoms. The highest BCUT2D eigenvalue weighted by Crippen LogP contribution is 2.23. The number of benzene rings is 2. The molecule has 0 fully saturated rings. The molecule has 0 atom stereocenters. The molecule has 0 heterocycles. The Kier molecular flexibility index (Phi) is 7.07. The van der Waals surface area contributed by atoms with E-state index >= 15 is 0 Å². The molecule has 0 aliphatic carbocycles. The lowest BCUT2D eigenvalue weighted by molar-refractivity contribution is -0.138. The summed E-state index contributed by atoms with van der Waals surface area (Å²) in [5.41, 5.74) is 0.526. The normalized spacial score (nSPS) is 11.8. The van der Waals surface area contributed by atoms with E-state index in [0.717, 1.165) is 6.07 Å². The molecule has 2 rings (SSSR count). The van der Waals surface area contributed by atoms with Crippen molar-refractivity contribution in [3.63, 3.8) is 0 Å². The summed E-state index contributed by atoms with van der Waals surface area (Å²) >= 11 is 0. The van der Waals surface area contributed by atoms with E-state index in [0.29, 0.717) is 5.56 Å². The summed E-state index contributed by atoms with van der Waals surface area (Å²) in [7, 11) is -4.08. The van der Waals surface area contributed by atoms with E-state index in [4.69, 9.17) is 4.74 Å². The second-order valence-corrected chi connectivity index (χ2v) is 7.58. The molecule has 29 heavy (non-hydrogen) atoms. The van der Waals surface area contributed by atoms with Crippen LogP contribution in [0.2, 0.25) is 0 Å². The predicted octanol–water partition coefficient (Wildman–Crippen LogP) is 3.25. The number of halogens is 4. The van der Waals surface area contributed by atoms with Crippen molar-refractivity contribution in [3.8, 4) is 5.75 Å². The maximum absolute atomic E-state index is 13.9. The summed E-state index contributed by atoms with van der Waals surface area (Å²) in [5.74, 6) is -1.71. The minimum atomic E-state index is -4.50. The molecule has 0 saturated carbocycles. The second-order valence-electron chi connectivity index (χ2n) is 5.90. The van der Waals surface area contributed by atoms with Crippen LogP contribution in [0.4, 0.5) is 23.2 Å². The zero-order valence-corrected chi connectivity index (χ0v) is 16.0. The van der Waals surface area contributed by atoms with E-state index in [1.54, 1.807) is 12.2 Å². The van der Waals surface area contributed by atoms with Gasteiger partial charge >= 0.3 is 6.18 Å². The Balaban J connectivity index is 2.03. The Labute approximate surface area is 164 Å². The van der Waals surface area contributed by atoms with Gasteiger partial charge in [-0.05, 0) is 42.8 Å². The van der Waals surface area contributed by atoms with Crippen LogP contribution >= 0.6 is 0 Å². The molecule has 0 bridgehead atoms. The third-order valence-corrected chi connectivity index (χ3v) is 4.95. The summed E-state index contributed by atoms with van der Waals surface area (Å²) < 4.78 is 82.2. The first-order valence-electron chi connectivity index (χ1n) is 8.38. The Morgan fingerprint density at radius 3 is 2.31 bits per heavy atom. The van der Waals surface area contributed by atoms with E-state index in [1.807, 2.05) is 0 Å². The van der Waals surface area contributed by atoms with Crippen molar-refractivity contribution in [1.82, 2.24) is 5.32 Å². The highest BCUT2D eigenvalue weighted by Gasteiger charge is 2.27. The quantitative estimate of drug-likeness (QED) is 0.625. The number of ether oxygens (including phenoxy) is 1. The minimum Gasteiger partial charge on any atom is -0.491 e. The van der Waals surface area contributed by atoms with Crippen LogP contribution in [0.5, 0.6) is 5.75 Å². The number of rotatable bonds is 8. The molecule has 0 unspecified atom stereocenters. The highest BCUT2D eigenvalue weighted by molar-refractivity contribution is 7.92. The molecule has 0 aromatic heterocycles. The first-order chi connectivity index (χ1) is 13.5. The van der Waals surface area contributed by atoms with Crippen LogP contribution in [0.25, 0.3) is 0 Å². The lowest BCUT2D eigenvalue weighted by atomic mass is 10.1. The molecule has 0 aliphatic heterocycles. The van der Waals surface area contributed by atoms with E-state index in [2.05, 4.69) is 4.72 Å². The van der Waals surface area contributed by atoms with E-state index < -0.39 is 34.5 Å². The first kappa shape index (κ1) is 22.5. The van der Waals surface area contributed by atoms with Gasteiger partial charge in [0.25, 0.3) is 10.0 Å². The van der Waals surface area contributed by atoms with Gasteiger partial charge in [0.2, 0.25) is 5.91 Å². The summed E-state index contributed by atoms with van der Waals surface area (Å²) in [5, 5.41) is 1.74. The second kappa shape index (κ2) is 9.12. The number of carbonyl (C=O) groups is 1. The lowest BCUT2D eigenvalue weighted by Gasteiger charge is -2.11. The van der Waals surface area contributed by atoms with Crippen molar-refractivity contribution >= 4 is 21.6 Å². The Hall–Kier alpha value is -2.82. The molecule has 0 aliphatic rings. The third-order valence-electron chi connectivity index (χ3n) is 3.57. The fourth-order valence-electron chi connectivity index (χ4n) is 2.27. The van der Waals surface area contributed by atoms with Crippen LogP contribution in [-0.2, 0) is 21.2 Å². The van der Waals surface area contributed by atoms with Gasteiger partial charge in [0, 0.05) is 5.69 Å². The van der Waals surface area contributed by atoms with Crippen LogP contribution in [0, 0.1) is 5.82 Å². The summed E-state index contributed by atoms with van der Waals surface area (Å²) in [6, 6.07) is 8.69. The van der Waals surface area contributed by atoms with Gasteiger partial charge in [0.1, 0.15) is 6.54 Å². The Morgan fingerprint density at radius 1 is 1.10 bits per heavy atom. The molecule has 2 aromatic carbocycles. The number of amides is 1. The van der Waals surface area contributed by atoms with Crippen molar-refractivity contribution in [2.45, 2.75) is 24.4 Å². The Morgan fingerprint density at radius 2 is 1.76 bits per heavy atom. The summed E-state index contributed by atoms with van der Waals surface area (Å²) in [6.07, 6.45) is -4.80. The van der Waals surface area contributed by atoms with Crippen molar-refractivity contribution in [2.75, 3.05) is 17.9 Å². The maximum atomic E-state index is 13.9. The van der Waals surface area contributed by atoms with Gasteiger partial charge in [-0.3, -0.25) is 9.52 Å². The van der Waals surface area contributed by atoms with Crippen molar-refractivity contribution < 1.29 is 35.5 Å². The minimum absolute atomic E-state index is 0.0698. The number of hydrogen-bond acceptors (Lipinski definition) is 4. The molecule has 158 valence electrons. The first-order valence-corrected chi connectivity index (χ1v) is 9.86. The average Bonchev–Trinajstić information content (AvgIpc) is 2.63. The average molecular weight is 434 g/mol. The molecule has 2 aromatic rings. The lowest BCUT2D eigenvalue weighted by Crippen LogP contribution is -2.34. The fraction of sp³-hybridized carbons (Fsp3) is 0.278. The molecule has 1 amide bonds. The fourth-order valence-corrected chi connectivity index (χ4v) is 3.34. The zero-order valence-electron chi connectivity index (χ0n) is 15.2. The highest BCUT2D eigenvalue weighted by atomic mass is 32.2. The number of alkyl halides is 3. The van der Waals surface area contributed by atoms with Crippen LogP contribution < -0.4 is 14.8 Å². The SMILES string of the molecule is CCOc1ccc(S(=O)(=O)Nc2ccc(CC(=O)NCC(F)(F)F)cc2)cc1F. The van der Waals surface area contributed by atoms with Crippen molar-refractivity contribution in [1.29, 1.82) is 0 Å². The largest absolute Gasteiger partial charge is 0.491 e.